The van der Waals surface area contributed by atoms with Gasteiger partial charge in [0.15, 0.2) is 0 Å². The van der Waals surface area contributed by atoms with E-state index in [0.717, 1.165) is 68.9 Å². The van der Waals surface area contributed by atoms with E-state index in [2.05, 4.69) is 77.2 Å². The lowest BCUT2D eigenvalue weighted by atomic mass is 9.74. The summed E-state index contributed by atoms with van der Waals surface area (Å²) in [6, 6.07) is 16.1. The van der Waals surface area contributed by atoms with Crippen molar-refractivity contribution in [1.29, 1.82) is 5.26 Å². The van der Waals surface area contributed by atoms with Crippen LogP contribution in [0, 0.1) is 11.3 Å². The van der Waals surface area contributed by atoms with Gasteiger partial charge >= 0.3 is 0 Å². The Morgan fingerprint density at radius 1 is 0.860 bits per heavy atom. The van der Waals surface area contributed by atoms with Gasteiger partial charge in [-0.1, -0.05) is 92.2 Å². The van der Waals surface area contributed by atoms with E-state index in [1.807, 2.05) is 25.7 Å². The van der Waals surface area contributed by atoms with Crippen molar-refractivity contribution < 1.29 is 23.9 Å². The summed E-state index contributed by atoms with van der Waals surface area (Å²) in [5, 5.41) is 12.0. The van der Waals surface area contributed by atoms with Crippen molar-refractivity contribution in [3.63, 3.8) is 0 Å². The van der Waals surface area contributed by atoms with Gasteiger partial charge in [-0.15, -0.1) is 0 Å². The van der Waals surface area contributed by atoms with E-state index in [1.165, 1.54) is 31.2 Å². The fourth-order valence-electron chi connectivity index (χ4n) is 5.03. The van der Waals surface area contributed by atoms with Crippen molar-refractivity contribution in [1.82, 2.24) is 0 Å². The average Bonchev–Trinajstić information content (AvgIpc) is 3.30. The van der Waals surface area contributed by atoms with E-state index < -0.39 is 5.41 Å². The maximum absolute atomic E-state index is 12.3. The number of hydrogen-bond donors (Lipinski definition) is 1. The van der Waals surface area contributed by atoms with E-state index in [4.69, 9.17) is 24.3 Å². The number of unbranched alkanes of at least 4 members (excludes halogenated alkanes) is 3. The van der Waals surface area contributed by atoms with Crippen LogP contribution in [0.2, 0.25) is 0 Å². The first-order valence-electron chi connectivity index (χ1n) is 15.6. The van der Waals surface area contributed by atoms with Crippen LogP contribution in [-0.2, 0) is 30.0 Å². The Balaban J connectivity index is 0.000000663. The number of hydrogen-bond acceptors (Lipinski definition) is 6. The van der Waals surface area contributed by atoms with Gasteiger partial charge in [-0.3, -0.25) is 4.79 Å². The molecule has 7 nitrogen and oxygen atoms in total. The van der Waals surface area contributed by atoms with Crippen molar-refractivity contribution in [2.24, 2.45) is 0 Å². The third kappa shape index (κ3) is 11.6. The zero-order valence-electron chi connectivity index (χ0n) is 27.4. The lowest BCUT2D eigenvalue weighted by Gasteiger charge is -2.38. The molecule has 1 fully saturated rings. The van der Waals surface area contributed by atoms with Crippen LogP contribution < -0.4 is 10.1 Å². The Bertz CT molecular complexity index is 1080. The van der Waals surface area contributed by atoms with Crippen molar-refractivity contribution in [3.05, 3.63) is 59.2 Å². The number of rotatable bonds is 11. The number of benzene rings is 2. The van der Waals surface area contributed by atoms with Gasteiger partial charge in [-0.25, -0.2) is 0 Å². The number of anilines is 1. The lowest BCUT2D eigenvalue weighted by molar-refractivity contribution is -0.121. The van der Waals surface area contributed by atoms with Gasteiger partial charge in [0, 0.05) is 11.1 Å². The topological polar surface area (TPSA) is 105 Å². The highest BCUT2D eigenvalue weighted by atomic mass is 16.5. The van der Waals surface area contributed by atoms with Crippen molar-refractivity contribution in [2.45, 2.75) is 110 Å². The van der Waals surface area contributed by atoms with Crippen LogP contribution in [0.25, 0.3) is 0 Å². The number of carbonyl (C=O) groups excluding carboxylic acids is 3. The average molecular weight is 595 g/mol. The zero-order valence-corrected chi connectivity index (χ0v) is 27.4. The van der Waals surface area contributed by atoms with Gasteiger partial charge in [0.25, 0.3) is 0 Å². The minimum absolute atomic E-state index is 0.0938. The molecule has 238 valence electrons. The van der Waals surface area contributed by atoms with Gasteiger partial charge in [0.05, 0.1) is 36.9 Å². The van der Waals surface area contributed by atoms with Crippen LogP contribution in [-0.4, -0.2) is 39.3 Å². The fourth-order valence-corrected chi connectivity index (χ4v) is 5.03. The summed E-state index contributed by atoms with van der Waals surface area (Å²) >= 11 is 0. The van der Waals surface area contributed by atoms with Crippen molar-refractivity contribution >= 4 is 25.2 Å². The first-order chi connectivity index (χ1) is 20.8. The molecule has 2 heterocycles. The standard InChI is InChI=1S/C15H18N2O.C15H22O2.C4H10.2CH2O/c1-3-7-15(8-4-2)12-9-11(10-16)5-6-13(12)17-14(15)18;1-3-4-5-10-17-14-8-6-13(7-9-14)15(2)11-16-12-15;1-3-4-2;2*1-2/h5-6,9H,3-4,7-8H2,1-2H3,(H,17,18);6-9H,3-5,10-12H2,1-2H3;3-4H2,1-2H3;2*1H2. The summed E-state index contributed by atoms with van der Waals surface area (Å²) in [6.45, 7) is 19.5. The molecular weight excluding hydrogens is 540 g/mol. The molecule has 1 N–H and O–H groups in total. The number of nitrogens with zero attached hydrogens (tertiary/aromatic N) is 1. The molecular formula is C36H54N2O5. The molecule has 4 rings (SSSR count). The molecule has 0 unspecified atom stereocenters. The largest absolute Gasteiger partial charge is 0.494 e. The summed E-state index contributed by atoms with van der Waals surface area (Å²) in [6.07, 6.45) is 9.87. The molecule has 0 spiro atoms. The Morgan fingerprint density at radius 3 is 1.88 bits per heavy atom. The number of ether oxygens (including phenoxy) is 2. The summed E-state index contributed by atoms with van der Waals surface area (Å²) in [4.78, 5) is 28.3. The quantitative estimate of drug-likeness (QED) is 0.262. The highest BCUT2D eigenvalue weighted by Gasteiger charge is 2.45. The molecule has 0 bridgehead atoms. The van der Waals surface area contributed by atoms with Gasteiger partial charge in [-0.05, 0) is 60.7 Å². The van der Waals surface area contributed by atoms with Crippen LogP contribution in [0.15, 0.2) is 42.5 Å². The Morgan fingerprint density at radius 2 is 1.44 bits per heavy atom. The maximum Gasteiger partial charge on any atom is 0.235 e. The number of amides is 1. The molecule has 1 amide bonds. The van der Waals surface area contributed by atoms with Crippen LogP contribution in [0.1, 0.15) is 116 Å². The maximum atomic E-state index is 12.3. The summed E-state index contributed by atoms with van der Waals surface area (Å²) in [5.74, 6) is 1.07. The third-order valence-electron chi connectivity index (χ3n) is 7.61. The first-order valence-corrected chi connectivity index (χ1v) is 15.6. The summed E-state index contributed by atoms with van der Waals surface area (Å²) in [5.41, 5.74) is 3.66. The molecule has 2 aliphatic heterocycles. The highest BCUT2D eigenvalue weighted by Crippen LogP contribution is 2.44. The molecule has 7 heteroatoms. The zero-order chi connectivity index (χ0) is 32.7. The fraction of sp³-hybridized carbons (Fsp3) is 0.556. The Kier molecular flexibility index (Phi) is 20.3. The van der Waals surface area contributed by atoms with Gasteiger partial charge in [-0.2, -0.15) is 5.26 Å². The molecule has 0 aliphatic carbocycles. The van der Waals surface area contributed by atoms with Crippen LogP contribution in [0.3, 0.4) is 0 Å². The Labute approximate surface area is 260 Å². The van der Waals surface area contributed by atoms with E-state index in [0.29, 0.717) is 5.56 Å². The SMILES string of the molecule is C=O.C=O.CCCC.CCCC1(CCC)C(=O)Nc2ccc(C#N)cc21.CCCCCOc1ccc(C2(C)COC2)cc1. The summed E-state index contributed by atoms with van der Waals surface area (Å²) < 4.78 is 11.0. The smallest absolute Gasteiger partial charge is 0.235 e. The predicted molar refractivity (Wildman–Crippen MR) is 176 cm³/mol. The van der Waals surface area contributed by atoms with E-state index in [-0.39, 0.29) is 11.3 Å². The van der Waals surface area contributed by atoms with E-state index >= 15 is 0 Å². The van der Waals surface area contributed by atoms with Gasteiger partial charge < -0.3 is 24.4 Å². The molecule has 2 aliphatic rings. The van der Waals surface area contributed by atoms with Gasteiger partial charge in [0.2, 0.25) is 5.91 Å². The number of nitriles is 1. The third-order valence-corrected chi connectivity index (χ3v) is 7.61. The van der Waals surface area contributed by atoms with Crippen molar-refractivity contribution in [3.8, 4) is 11.8 Å². The lowest BCUT2D eigenvalue weighted by Crippen LogP contribution is -2.43. The highest BCUT2D eigenvalue weighted by molar-refractivity contribution is 6.06. The summed E-state index contributed by atoms with van der Waals surface area (Å²) in [7, 11) is 0. The van der Waals surface area contributed by atoms with Crippen molar-refractivity contribution in [2.75, 3.05) is 25.1 Å². The number of fused-ring (bicyclic) bond motifs is 1. The molecule has 2 aromatic carbocycles. The second kappa shape index (κ2) is 22.1. The normalized spacial score (nSPS) is 14.5. The minimum Gasteiger partial charge on any atom is -0.494 e. The van der Waals surface area contributed by atoms with Crippen LogP contribution in [0.4, 0.5) is 5.69 Å². The molecule has 43 heavy (non-hydrogen) atoms. The molecule has 0 aromatic heterocycles. The Hall–Kier alpha value is -3.50. The van der Waals surface area contributed by atoms with Crippen LogP contribution >= 0.6 is 0 Å². The predicted octanol–water partition coefficient (Wildman–Crippen LogP) is 8.33. The monoisotopic (exact) mass is 594 g/mol. The second-order valence-corrected chi connectivity index (χ2v) is 11.0. The number of nitrogens with one attached hydrogen (secondary N) is 1. The molecule has 2 aromatic rings. The number of carbonyl (C=O) groups is 3. The van der Waals surface area contributed by atoms with Crippen LogP contribution in [0.5, 0.6) is 5.75 Å². The molecule has 1 saturated heterocycles. The molecule has 0 saturated carbocycles. The van der Waals surface area contributed by atoms with E-state index in [9.17, 15) is 4.79 Å². The first kappa shape index (κ1) is 39.5. The van der Waals surface area contributed by atoms with E-state index in [1.54, 1.807) is 6.07 Å². The van der Waals surface area contributed by atoms with Gasteiger partial charge in [0.1, 0.15) is 19.3 Å². The second-order valence-electron chi connectivity index (χ2n) is 11.0. The molecule has 0 atom stereocenters. The minimum atomic E-state index is -0.425. The molecule has 0 radical (unpaired) electrons.